The van der Waals surface area contributed by atoms with Gasteiger partial charge in [0.25, 0.3) is 0 Å². The summed E-state index contributed by atoms with van der Waals surface area (Å²) in [5.74, 6) is -1.37. The van der Waals surface area contributed by atoms with E-state index in [0.717, 1.165) is 0 Å². The molecule has 0 unspecified atom stereocenters. The first-order chi connectivity index (χ1) is 6.65. The van der Waals surface area contributed by atoms with E-state index in [1.165, 1.54) is 13.8 Å². The van der Waals surface area contributed by atoms with Crippen LogP contribution in [0.25, 0.3) is 0 Å². The summed E-state index contributed by atoms with van der Waals surface area (Å²) in [5.41, 5.74) is -2.65. The fourth-order valence-electron chi connectivity index (χ4n) is 0.975. The fraction of sp³-hybridized carbons (Fsp3) is 0.667. The van der Waals surface area contributed by atoms with E-state index in [9.17, 15) is 18.7 Å². The predicted molar refractivity (Wildman–Crippen MR) is 54.9 cm³/mol. The molecule has 0 bridgehead atoms. The Morgan fingerprint density at radius 3 is 2.33 bits per heavy atom. The SMILES string of the molecule is C=C(C)C[C@@](O)(C(=O)OCC)C(F)(F)Br. The highest BCUT2D eigenvalue weighted by atomic mass is 79.9. The summed E-state index contributed by atoms with van der Waals surface area (Å²) in [4.78, 5) is 7.47. The Morgan fingerprint density at radius 1 is 1.60 bits per heavy atom. The molecule has 1 N–H and O–H groups in total. The predicted octanol–water partition coefficient (Wildman–Crippen LogP) is 2.23. The van der Waals surface area contributed by atoms with Crippen LogP contribution >= 0.6 is 15.9 Å². The van der Waals surface area contributed by atoms with Crippen molar-refractivity contribution in [1.29, 1.82) is 0 Å². The maximum Gasteiger partial charge on any atom is 0.345 e. The summed E-state index contributed by atoms with van der Waals surface area (Å²) in [6.45, 7) is 6.19. The molecule has 0 spiro atoms. The zero-order chi connectivity index (χ0) is 12.3. The molecular formula is C9H13BrF2O3. The van der Waals surface area contributed by atoms with E-state index in [-0.39, 0.29) is 12.2 Å². The first kappa shape index (κ1) is 14.5. The molecule has 0 aliphatic rings. The van der Waals surface area contributed by atoms with E-state index in [2.05, 4.69) is 11.3 Å². The van der Waals surface area contributed by atoms with Gasteiger partial charge in [0.15, 0.2) is 0 Å². The van der Waals surface area contributed by atoms with Crippen LogP contribution in [0.15, 0.2) is 12.2 Å². The molecule has 88 valence electrons. The molecule has 1 atom stereocenters. The quantitative estimate of drug-likeness (QED) is 0.479. The van der Waals surface area contributed by atoms with Crippen molar-refractivity contribution < 1.29 is 23.4 Å². The van der Waals surface area contributed by atoms with Gasteiger partial charge in [0, 0.05) is 6.42 Å². The number of rotatable bonds is 5. The molecule has 0 heterocycles. The molecule has 0 aliphatic carbocycles. The molecule has 0 aromatic carbocycles. The Labute approximate surface area is 95.2 Å². The van der Waals surface area contributed by atoms with Crippen molar-refractivity contribution in [3.05, 3.63) is 12.2 Å². The topological polar surface area (TPSA) is 46.5 Å². The number of esters is 1. The lowest BCUT2D eigenvalue weighted by atomic mass is 9.96. The fourth-order valence-corrected chi connectivity index (χ4v) is 1.28. The molecular weight excluding hydrogens is 274 g/mol. The normalized spacial score (nSPS) is 15.6. The minimum Gasteiger partial charge on any atom is -0.464 e. The molecule has 3 nitrogen and oxygen atoms in total. The summed E-state index contributed by atoms with van der Waals surface area (Å²) < 4.78 is 30.5. The molecule has 0 aliphatic heterocycles. The maximum absolute atomic E-state index is 13.0. The van der Waals surface area contributed by atoms with E-state index < -0.39 is 22.8 Å². The second-order valence-corrected chi connectivity index (χ2v) is 4.21. The molecule has 0 saturated heterocycles. The van der Waals surface area contributed by atoms with Gasteiger partial charge in [0.05, 0.1) is 6.61 Å². The average Bonchev–Trinajstić information content (AvgIpc) is 2.01. The molecule has 0 radical (unpaired) electrons. The molecule has 0 amide bonds. The largest absolute Gasteiger partial charge is 0.464 e. The van der Waals surface area contributed by atoms with Crippen LogP contribution in [0, 0.1) is 0 Å². The van der Waals surface area contributed by atoms with Crippen LogP contribution in [0.5, 0.6) is 0 Å². The third kappa shape index (κ3) is 3.53. The van der Waals surface area contributed by atoms with E-state index >= 15 is 0 Å². The van der Waals surface area contributed by atoms with Crippen LogP contribution in [0.1, 0.15) is 20.3 Å². The third-order valence-corrected chi connectivity index (χ3v) is 2.30. The molecule has 0 rings (SSSR count). The lowest BCUT2D eigenvalue weighted by Crippen LogP contribution is -2.52. The number of hydrogen-bond acceptors (Lipinski definition) is 3. The van der Waals surface area contributed by atoms with Gasteiger partial charge in [-0.3, -0.25) is 0 Å². The first-order valence-corrected chi connectivity index (χ1v) is 5.05. The minimum absolute atomic E-state index is 0.0829. The van der Waals surface area contributed by atoms with Gasteiger partial charge in [-0.2, -0.15) is 8.78 Å². The highest BCUT2D eigenvalue weighted by molar-refractivity contribution is 9.10. The lowest BCUT2D eigenvalue weighted by Gasteiger charge is -2.29. The van der Waals surface area contributed by atoms with Crippen molar-refractivity contribution in [2.45, 2.75) is 30.7 Å². The molecule has 6 heteroatoms. The average molecular weight is 287 g/mol. The number of ether oxygens (including phenoxy) is 1. The van der Waals surface area contributed by atoms with Gasteiger partial charge in [0.1, 0.15) is 0 Å². The Morgan fingerprint density at radius 2 is 2.07 bits per heavy atom. The smallest absolute Gasteiger partial charge is 0.345 e. The molecule has 15 heavy (non-hydrogen) atoms. The molecule has 0 aromatic heterocycles. The Bertz CT molecular complexity index is 263. The number of alkyl halides is 3. The molecule has 0 aromatic rings. The standard InChI is InChI=1S/C9H13BrF2O3/c1-4-15-7(13)8(14,5-6(2)3)9(10,11)12/h14H,2,4-5H2,1,3H3/t8-/m1/s1. The zero-order valence-corrected chi connectivity index (χ0v) is 10.1. The van der Waals surface area contributed by atoms with Crippen molar-refractivity contribution in [1.82, 2.24) is 0 Å². The van der Waals surface area contributed by atoms with Gasteiger partial charge >= 0.3 is 10.8 Å². The van der Waals surface area contributed by atoms with E-state index in [1.54, 1.807) is 0 Å². The van der Waals surface area contributed by atoms with E-state index in [1.807, 2.05) is 15.9 Å². The maximum atomic E-state index is 13.0. The highest BCUT2D eigenvalue weighted by Gasteiger charge is 2.57. The van der Waals surface area contributed by atoms with Crippen molar-refractivity contribution in [2.75, 3.05) is 6.61 Å². The van der Waals surface area contributed by atoms with Crippen LogP contribution in [0.3, 0.4) is 0 Å². The second kappa shape index (κ2) is 5.03. The number of halogens is 3. The summed E-state index contributed by atoms with van der Waals surface area (Å²) in [7, 11) is 0. The van der Waals surface area contributed by atoms with Gasteiger partial charge in [-0.05, 0) is 29.8 Å². The number of carbonyl (C=O) groups excluding carboxylic acids is 1. The van der Waals surface area contributed by atoms with E-state index in [4.69, 9.17) is 0 Å². The van der Waals surface area contributed by atoms with Gasteiger partial charge in [-0.15, -0.1) is 6.58 Å². The third-order valence-electron chi connectivity index (χ3n) is 1.64. The van der Waals surface area contributed by atoms with Gasteiger partial charge < -0.3 is 9.84 Å². The summed E-state index contributed by atoms with van der Waals surface area (Å²) in [6, 6.07) is 0. The monoisotopic (exact) mass is 286 g/mol. The first-order valence-electron chi connectivity index (χ1n) is 4.26. The van der Waals surface area contributed by atoms with Gasteiger partial charge in [-0.1, -0.05) is 5.57 Å². The van der Waals surface area contributed by atoms with Crippen molar-refractivity contribution in [3.63, 3.8) is 0 Å². The van der Waals surface area contributed by atoms with Gasteiger partial charge in [-0.25, -0.2) is 4.79 Å². The van der Waals surface area contributed by atoms with Crippen molar-refractivity contribution in [3.8, 4) is 0 Å². The highest BCUT2D eigenvalue weighted by Crippen LogP contribution is 2.39. The number of carbonyl (C=O) groups is 1. The van der Waals surface area contributed by atoms with E-state index in [0.29, 0.717) is 0 Å². The summed E-state index contributed by atoms with van der Waals surface area (Å²) >= 11 is 1.97. The summed E-state index contributed by atoms with van der Waals surface area (Å²) in [5, 5.41) is 9.59. The Hall–Kier alpha value is -0.490. The van der Waals surface area contributed by atoms with Crippen LogP contribution in [0.2, 0.25) is 0 Å². The van der Waals surface area contributed by atoms with Crippen LogP contribution < -0.4 is 0 Å². The lowest BCUT2D eigenvalue weighted by molar-refractivity contribution is -0.187. The van der Waals surface area contributed by atoms with Crippen LogP contribution in [-0.2, 0) is 9.53 Å². The molecule has 0 saturated carbocycles. The second-order valence-electron chi connectivity index (χ2n) is 3.21. The Balaban J connectivity index is 5.02. The zero-order valence-electron chi connectivity index (χ0n) is 8.52. The minimum atomic E-state index is -3.76. The van der Waals surface area contributed by atoms with Crippen molar-refractivity contribution >= 4 is 21.9 Å². The molecule has 0 fully saturated rings. The Kier molecular flexibility index (Phi) is 4.86. The van der Waals surface area contributed by atoms with Crippen molar-refractivity contribution in [2.24, 2.45) is 0 Å². The van der Waals surface area contributed by atoms with Crippen LogP contribution in [-0.4, -0.2) is 28.1 Å². The van der Waals surface area contributed by atoms with Gasteiger partial charge in [0.2, 0.25) is 5.60 Å². The van der Waals surface area contributed by atoms with Crippen LogP contribution in [0.4, 0.5) is 8.78 Å². The number of aliphatic hydroxyl groups is 1. The number of hydrogen-bond donors (Lipinski definition) is 1. The summed E-state index contributed by atoms with van der Waals surface area (Å²) in [6.07, 6.45) is -0.565.